The fourth-order valence-corrected chi connectivity index (χ4v) is 1.74. The van der Waals surface area contributed by atoms with Crippen LogP contribution in [0.25, 0.3) is 11.6 Å². The van der Waals surface area contributed by atoms with Gasteiger partial charge in [-0.2, -0.15) is 5.26 Å². The number of para-hydroxylation sites is 1. The predicted molar refractivity (Wildman–Crippen MR) is 80.0 cm³/mol. The van der Waals surface area contributed by atoms with Crippen molar-refractivity contribution in [3.8, 4) is 6.07 Å². The van der Waals surface area contributed by atoms with E-state index in [0.29, 0.717) is 16.8 Å². The van der Waals surface area contributed by atoms with E-state index < -0.39 is 4.92 Å². The minimum Gasteiger partial charge on any atom is -0.258 e. The van der Waals surface area contributed by atoms with E-state index in [1.54, 1.807) is 60.8 Å². The molecule has 102 valence electrons. The monoisotopic (exact) mass is 277 g/mol. The summed E-state index contributed by atoms with van der Waals surface area (Å²) >= 11 is 0. The van der Waals surface area contributed by atoms with Crippen molar-refractivity contribution in [1.82, 2.24) is 4.98 Å². The van der Waals surface area contributed by atoms with Crippen molar-refractivity contribution in [3.05, 3.63) is 82.2 Å². The quantitative estimate of drug-likeness (QED) is 0.370. The number of hydrogen-bond acceptors (Lipinski definition) is 4. The Morgan fingerprint density at radius 2 is 2.00 bits per heavy atom. The molecule has 2 rings (SSSR count). The molecule has 5 heteroatoms. The maximum absolute atomic E-state index is 10.9. The minimum absolute atomic E-state index is 0.0264. The van der Waals surface area contributed by atoms with Crippen LogP contribution >= 0.6 is 0 Å². The first kappa shape index (κ1) is 14.2. The van der Waals surface area contributed by atoms with E-state index in [1.807, 2.05) is 0 Å². The SMILES string of the molecule is N#CC(=CC=Cc1ccccc1[N+](=O)[O-])c1ccccn1. The molecule has 0 bridgehead atoms. The van der Waals surface area contributed by atoms with E-state index in [4.69, 9.17) is 5.26 Å². The van der Waals surface area contributed by atoms with Crippen LogP contribution in [0.15, 0.2) is 60.8 Å². The van der Waals surface area contributed by atoms with E-state index in [9.17, 15) is 10.1 Å². The molecule has 21 heavy (non-hydrogen) atoms. The van der Waals surface area contributed by atoms with Gasteiger partial charge in [0.2, 0.25) is 0 Å². The van der Waals surface area contributed by atoms with E-state index in [-0.39, 0.29) is 5.69 Å². The smallest absolute Gasteiger partial charge is 0.258 e. The fraction of sp³-hybridized carbons (Fsp3) is 0. The fourth-order valence-electron chi connectivity index (χ4n) is 1.74. The van der Waals surface area contributed by atoms with Gasteiger partial charge in [0.05, 0.1) is 21.8 Å². The second kappa shape index (κ2) is 6.78. The molecule has 0 aliphatic carbocycles. The highest BCUT2D eigenvalue weighted by Crippen LogP contribution is 2.19. The number of hydrogen-bond donors (Lipinski definition) is 0. The van der Waals surface area contributed by atoms with Crippen molar-refractivity contribution in [1.29, 1.82) is 5.26 Å². The topological polar surface area (TPSA) is 79.8 Å². The number of aromatic nitrogens is 1. The van der Waals surface area contributed by atoms with Gasteiger partial charge < -0.3 is 0 Å². The molecule has 0 aliphatic heterocycles. The van der Waals surface area contributed by atoms with Crippen LogP contribution in [0, 0.1) is 21.4 Å². The van der Waals surface area contributed by atoms with E-state index in [0.717, 1.165) is 0 Å². The molecule has 0 radical (unpaired) electrons. The molecule has 0 fully saturated rings. The van der Waals surface area contributed by atoms with Crippen LogP contribution < -0.4 is 0 Å². The molecule has 0 spiro atoms. The normalized spacial score (nSPS) is 11.3. The summed E-state index contributed by atoms with van der Waals surface area (Å²) in [5.41, 5.74) is 1.47. The van der Waals surface area contributed by atoms with Crippen LogP contribution in [0.2, 0.25) is 0 Å². The summed E-state index contributed by atoms with van der Waals surface area (Å²) in [7, 11) is 0. The van der Waals surface area contributed by atoms with Crippen molar-refractivity contribution in [2.24, 2.45) is 0 Å². The second-order valence-corrected chi connectivity index (χ2v) is 4.08. The lowest BCUT2D eigenvalue weighted by molar-refractivity contribution is -0.385. The Hall–Kier alpha value is -3.26. The molecule has 1 heterocycles. The van der Waals surface area contributed by atoms with Gasteiger partial charge in [0, 0.05) is 12.3 Å². The molecule has 0 saturated heterocycles. The van der Waals surface area contributed by atoms with Gasteiger partial charge in [0.25, 0.3) is 5.69 Å². The molecule has 0 amide bonds. The average Bonchev–Trinajstić information content (AvgIpc) is 2.52. The number of nitriles is 1. The van der Waals surface area contributed by atoms with Gasteiger partial charge in [-0.15, -0.1) is 0 Å². The molecule has 0 N–H and O–H groups in total. The molecule has 0 unspecified atom stereocenters. The molecule has 0 aliphatic rings. The number of allylic oxidation sites excluding steroid dienone is 3. The van der Waals surface area contributed by atoms with Gasteiger partial charge in [0.15, 0.2) is 0 Å². The lowest BCUT2D eigenvalue weighted by Gasteiger charge is -1.96. The lowest BCUT2D eigenvalue weighted by Crippen LogP contribution is -1.90. The summed E-state index contributed by atoms with van der Waals surface area (Å²) in [6.45, 7) is 0. The van der Waals surface area contributed by atoms with Crippen molar-refractivity contribution >= 4 is 17.3 Å². The van der Waals surface area contributed by atoms with Crippen molar-refractivity contribution in [3.63, 3.8) is 0 Å². The number of nitro benzene ring substituents is 1. The third kappa shape index (κ3) is 3.61. The Morgan fingerprint density at radius 1 is 1.24 bits per heavy atom. The number of nitrogens with zero attached hydrogens (tertiary/aromatic N) is 3. The Morgan fingerprint density at radius 3 is 2.67 bits per heavy atom. The highest BCUT2D eigenvalue weighted by atomic mass is 16.6. The first-order valence-electron chi connectivity index (χ1n) is 6.15. The third-order valence-electron chi connectivity index (χ3n) is 2.73. The van der Waals surface area contributed by atoms with E-state index >= 15 is 0 Å². The Bertz CT molecular complexity index is 744. The van der Waals surface area contributed by atoms with Crippen LogP contribution in [0.1, 0.15) is 11.3 Å². The molecule has 2 aromatic rings. The molecular weight excluding hydrogens is 266 g/mol. The van der Waals surface area contributed by atoms with Gasteiger partial charge in [0.1, 0.15) is 6.07 Å². The molecule has 0 saturated carbocycles. The van der Waals surface area contributed by atoms with Crippen LogP contribution in [-0.2, 0) is 0 Å². The number of benzene rings is 1. The first-order chi connectivity index (χ1) is 10.2. The van der Waals surface area contributed by atoms with Crippen LogP contribution in [0.5, 0.6) is 0 Å². The van der Waals surface area contributed by atoms with Crippen molar-refractivity contribution in [2.45, 2.75) is 0 Å². The van der Waals surface area contributed by atoms with Gasteiger partial charge in [-0.3, -0.25) is 15.1 Å². The van der Waals surface area contributed by atoms with Crippen molar-refractivity contribution in [2.75, 3.05) is 0 Å². The standard InChI is InChI=1S/C16H11N3O2/c17-12-14(15-9-3-4-11-18-15)8-5-7-13-6-1-2-10-16(13)19(20)21/h1-11H. The molecule has 5 nitrogen and oxygen atoms in total. The Balaban J connectivity index is 2.28. The summed E-state index contributed by atoms with van der Waals surface area (Å²) < 4.78 is 0. The molecule has 1 aromatic carbocycles. The number of rotatable bonds is 4. The summed E-state index contributed by atoms with van der Waals surface area (Å²) in [6, 6.07) is 13.8. The highest BCUT2D eigenvalue weighted by Gasteiger charge is 2.08. The van der Waals surface area contributed by atoms with Gasteiger partial charge in [-0.05, 0) is 30.4 Å². The predicted octanol–water partition coefficient (Wildman–Crippen LogP) is 3.61. The highest BCUT2D eigenvalue weighted by molar-refractivity contribution is 5.77. The maximum atomic E-state index is 10.9. The zero-order valence-corrected chi connectivity index (χ0v) is 11.0. The first-order valence-corrected chi connectivity index (χ1v) is 6.15. The molecule has 1 aromatic heterocycles. The summed E-state index contributed by atoms with van der Waals surface area (Å²) in [5.74, 6) is 0. The Kier molecular flexibility index (Phi) is 4.57. The maximum Gasteiger partial charge on any atom is 0.276 e. The van der Waals surface area contributed by atoms with Crippen LogP contribution in [0.4, 0.5) is 5.69 Å². The largest absolute Gasteiger partial charge is 0.276 e. The third-order valence-corrected chi connectivity index (χ3v) is 2.73. The van der Waals surface area contributed by atoms with Gasteiger partial charge >= 0.3 is 0 Å². The molecule has 0 atom stereocenters. The molecular formula is C16H11N3O2. The van der Waals surface area contributed by atoms with Gasteiger partial charge in [-0.1, -0.05) is 24.3 Å². The lowest BCUT2D eigenvalue weighted by atomic mass is 10.1. The number of pyridine rings is 1. The summed E-state index contributed by atoms with van der Waals surface area (Å²) in [5, 5.41) is 20.0. The second-order valence-electron chi connectivity index (χ2n) is 4.08. The summed E-state index contributed by atoms with van der Waals surface area (Å²) in [4.78, 5) is 14.5. The number of nitro groups is 1. The van der Waals surface area contributed by atoms with E-state index in [1.165, 1.54) is 6.07 Å². The Labute approximate surface area is 121 Å². The van der Waals surface area contributed by atoms with Gasteiger partial charge in [-0.25, -0.2) is 0 Å². The zero-order valence-electron chi connectivity index (χ0n) is 11.0. The van der Waals surface area contributed by atoms with Crippen LogP contribution in [-0.4, -0.2) is 9.91 Å². The minimum atomic E-state index is -0.437. The summed E-state index contributed by atoms with van der Waals surface area (Å²) in [6.07, 6.45) is 6.39. The van der Waals surface area contributed by atoms with E-state index in [2.05, 4.69) is 11.1 Å². The van der Waals surface area contributed by atoms with Crippen molar-refractivity contribution < 1.29 is 4.92 Å². The average molecular weight is 277 g/mol. The van der Waals surface area contributed by atoms with Crippen LogP contribution in [0.3, 0.4) is 0 Å². The zero-order chi connectivity index (χ0) is 15.1.